The van der Waals surface area contributed by atoms with Crippen molar-refractivity contribution in [1.29, 1.82) is 0 Å². The molecule has 0 radical (unpaired) electrons. The minimum Gasteiger partial charge on any atom is -0.461 e. The Morgan fingerprint density at radius 2 is 1.90 bits per heavy atom. The highest BCUT2D eigenvalue weighted by molar-refractivity contribution is 6.30. The van der Waals surface area contributed by atoms with Crippen LogP contribution >= 0.6 is 24.0 Å². The molecule has 1 saturated heterocycles. The van der Waals surface area contributed by atoms with Crippen molar-refractivity contribution in [3.63, 3.8) is 0 Å². The third-order valence-electron chi connectivity index (χ3n) is 3.31. The third kappa shape index (κ3) is 5.70. The van der Waals surface area contributed by atoms with Gasteiger partial charge in [-0.15, -0.1) is 12.4 Å². The van der Waals surface area contributed by atoms with Crippen LogP contribution in [0.1, 0.15) is 25.3 Å². The molecule has 0 aliphatic carbocycles. The standard InChI is InChI=1S/C15H20ClNO2.ClH/c1-12(11-17-8-2-3-9-17)19-15(18)10-13-4-6-14(16)7-5-13;/h4-7,12H,2-3,8-11H2,1H3;1H. The second kappa shape index (κ2) is 8.50. The van der Waals surface area contributed by atoms with Gasteiger partial charge in [-0.25, -0.2) is 0 Å². The van der Waals surface area contributed by atoms with E-state index in [0.717, 1.165) is 25.2 Å². The molecule has 0 N–H and O–H groups in total. The monoisotopic (exact) mass is 317 g/mol. The average molecular weight is 318 g/mol. The molecule has 112 valence electrons. The molecule has 1 atom stereocenters. The van der Waals surface area contributed by atoms with Crippen molar-refractivity contribution >= 4 is 30.0 Å². The Morgan fingerprint density at radius 3 is 2.50 bits per heavy atom. The topological polar surface area (TPSA) is 29.5 Å². The van der Waals surface area contributed by atoms with Gasteiger partial charge in [0.25, 0.3) is 0 Å². The summed E-state index contributed by atoms with van der Waals surface area (Å²) in [6, 6.07) is 7.29. The molecule has 0 saturated carbocycles. The first-order chi connectivity index (χ1) is 9.13. The predicted octanol–water partition coefficient (Wildman–Crippen LogP) is 3.33. The van der Waals surface area contributed by atoms with Gasteiger partial charge in [0.2, 0.25) is 0 Å². The second-order valence-corrected chi connectivity index (χ2v) is 5.55. The van der Waals surface area contributed by atoms with Crippen LogP contribution in [0.15, 0.2) is 24.3 Å². The molecule has 2 rings (SSSR count). The Bertz CT molecular complexity index is 416. The molecule has 1 aromatic rings. The molecule has 0 aromatic heterocycles. The van der Waals surface area contributed by atoms with Crippen molar-refractivity contribution in [2.24, 2.45) is 0 Å². The summed E-state index contributed by atoms with van der Waals surface area (Å²) in [6.45, 7) is 5.04. The Hall–Kier alpha value is -0.770. The number of hydrogen-bond donors (Lipinski definition) is 0. The SMILES string of the molecule is CC(CN1CCCC1)OC(=O)Cc1ccc(Cl)cc1.Cl. The van der Waals surface area contributed by atoms with E-state index in [0.29, 0.717) is 11.4 Å². The van der Waals surface area contributed by atoms with Gasteiger partial charge in [-0.2, -0.15) is 0 Å². The van der Waals surface area contributed by atoms with Crippen LogP contribution < -0.4 is 0 Å². The first-order valence-corrected chi connectivity index (χ1v) is 7.17. The number of likely N-dealkylation sites (tertiary alicyclic amines) is 1. The summed E-state index contributed by atoms with van der Waals surface area (Å²) >= 11 is 5.81. The predicted molar refractivity (Wildman–Crippen MR) is 83.6 cm³/mol. The van der Waals surface area contributed by atoms with E-state index in [9.17, 15) is 4.79 Å². The lowest BCUT2D eigenvalue weighted by Crippen LogP contribution is -2.31. The van der Waals surface area contributed by atoms with Crippen LogP contribution in [-0.4, -0.2) is 36.6 Å². The van der Waals surface area contributed by atoms with Gasteiger partial charge in [0, 0.05) is 11.6 Å². The van der Waals surface area contributed by atoms with Crippen LogP contribution in [0.2, 0.25) is 5.02 Å². The highest BCUT2D eigenvalue weighted by Crippen LogP contribution is 2.12. The van der Waals surface area contributed by atoms with Gasteiger partial charge in [0.05, 0.1) is 6.42 Å². The molecule has 20 heavy (non-hydrogen) atoms. The van der Waals surface area contributed by atoms with Crippen molar-refractivity contribution in [3.8, 4) is 0 Å². The van der Waals surface area contributed by atoms with E-state index in [-0.39, 0.29) is 24.5 Å². The van der Waals surface area contributed by atoms with Gasteiger partial charge < -0.3 is 4.74 Å². The quantitative estimate of drug-likeness (QED) is 0.780. The molecule has 1 fully saturated rings. The summed E-state index contributed by atoms with van der Waals surface area (Å²) in [6.07, 6.45) is 2.77. The number of nitrogens with zero attached hydrogens (tertiary/aromatic N) is 1. The molecular weight excluding hydrogens is 297 g/mol. The van der Waals surface area contributed by atoms with Gasteiger partial charge in [0.15, 0.2) is 0 Å². The van der Waals surface area contributed by atoms with Crippen LogP contribution in [0.25, 0.3) is 0 Å². The zero-order chi connectivity index (χ0) is 13.7. The first kappa shape index (κ1) is 17.3. The summed E-state index contributed by atoms with van der Waals surface area (Å²) in [5, 5.41) is 0.680. The molecule has 1 aromatic carbocycles. The zero-order valence-corrected chi connectivity index (χ0v) is 13.3. The molecule has 3 nitrogen and oxygen atoms in total. The van der Waals surface area contributed by atoms with Crippen LogP contribution in [0.5, 0.6) is 0 Å². The van der Waals surface area contributed by atoms with Gasteiger partial charge in [-0.3, -0.25) is 9.69 Å². The van der Waals surface area contributed by atoms with Gasteiger partial charge in [-0.05, 0) is 50.6 Å². The Labute approximate surface area is 131 Å². The number of carbonyl (C=O) groups excluding carboxylic acids is 1. The fourth-order valence-corrected chi connectivity index (χ4v) is 2.53. The molecule has 0 amide bonds. The molecule has 1 aliphatic heterocycles. The van der Waals surface area contributed by atoms with Gasteiger partial charge >= 0.3 is 5.97 Å². The normalized spacial score (nSPS) is 16.5. The van der Waals surface area contributed by atoms with E-state index in [2.05, 4.69) is 4.90 Å². The lowest BCUT2D eigenvalue weighted by Gasteiger charge is -2.20. The first-order valence-electron chi connectivity index (χ1n) is 6.80. The lowest BCUT2D eigenvalue weighted by atomic mass is 10.1. The number of carbonyl (C=O) groups is 1. The molecule has 0 spiro atoms. The van der Waals surface area contributed by atoms with Crippen LogP contribution in [0, 0.1) is 0 Å². The Kier molecular flexibility index (Phi) is 7.35. The Balaban J connectivity index is 0.00000200. The number of halogens is 2. The fourth-order valence-electron chi connectivity index (χ4n) is 2.40. The minimum absolute atomic E-state index is 0. The maximum absolute atomic E-state index is 11.8. The number of esters is 1. The summed E-state index contributed by atoms with van der Waals surface area (Å²) in [5.41, 5.74) is 0.933. The van der Waals surface area contributed by atoms with E-state index in [1.807, 2.05) is 19.1 Å². The minimum atomic E-state index is -0.172. The second-order valence-electron chi connectivity index (χ2n) is 5.11. The zero-order valence-electron chi connectivity index (χ0n) is 11.7. The van der Waals surface area contributed by atoms with Crippen LogP contribution in [0.4, 0.5) is 0 Å². The summed E-state index contributed by atoms with van der Waals surface area (Å²) in [7, 11) is 0. The molecule has 1 heterocycles. The van der Waals surface area contributed by atoms with E-state index in [4.69, 9.17) is 16.3 Å². The molecule has 0 bridgehead atoms. The number of benzene rings is 1. The summed E-state index contributed by atoms with van der Waals surface area (Å²) in [4.78, 5) is 14.2. The third-order valence-corrected chi connectivity index (χ3v) is 3.56. The number of hydrogen-bond acceptors (Lipinski definition) is 3. The fraction of sp³-hybridized carbons (Fsp3) is 0.533. The van der Waals surface area contributed by atoms with E-state index in [1.165, 1.54) is 12.8 Å². The highest BCUT2D eigenvalue weighted by atomic mass is 35.5. The van der Waals surface area contributed by atoms with Crippen molar-refractivity contribution in [2.75, 3.05) is 19.6 Å². The number of rotatable bonds is 5. The van der Waals surface area contributed by atoms with Crippen molar-refractivity contribution in [1.82, 2.24) is 4.90 Å². The van der Waals surface area contributed by atoms with E-state index in [1.54, 1.807) is 12.1 Å². The summed E-state index contributed by atoms with van der Waals surface area (Å²) in [5.74, 6) is -0.172. The summed E-state index contributed by atoms with van der Waals surface area (Å²) < 4.78 is 5.43. The Morgan fingerprint density at radius 1 is 1.30 bits per heavy atom. The molecule has 5 heteroatoms. The van der Waals surface area contributed by atoms with E-state index >= 15 is 0 Å². The van der Waals surface area contributed by atoms with Crippen molar-refractivity contribution < 1.29 is 9.53 Å². The highest BCUT2D eigenvalue weighted by Gasteiger charge is 2.17. The lowest BCUT2D eigenvalue weighted by molar-refractivity contribution is -0.148. The largest absolute Gasteiger partial charge is 0.461 e. The molecule has 1 aliphatic rings. The van der Waals surface area contributed by atoms with Crippen molar-refractivity contribution in [2.45, 2.75) is 32.3 Å². The van der Waals surface area contributed by atoms with Crippen LogP contribution in [0.3, 0.4) is 0 Å². The average Bonchev–Trinajstić information content (AvgIpc) is 2.84. The molecule has 1 unspecified atom stereocenters. The molecular formula is C15H21Cl2NO2. The number of ether oxygens (including phenoxy) is 1. The maximum Gasteiger partial charge on any atom is 0.310 e. The van der Waals surface area contributed by atoms with Crippen LogP contribution in [-0.2, 0) is 16.0 Å². The van der Waals surface area contributed by atoms with Gasteiger partial charge in [0.1, 0.15) is 6.10 Å². The van der Waals surface area contributed by atoms with E-state index < -0.39 is 0 Å². The smallest absolute Gasteiger partial charge is 0.310 e. The maximum atomic E-state index is 11.8. The van der Waals surface area contributed by atoms with Gasteiger partial charge in [-0.1, -0.05) is 23.7 Å². The van der Waals surface area contributed by atoms with Crippen molar-refractivity contribution in [3.05, 3.63) is 34.9 Å².